The second kappa shape index (κ2) is 11.7. The quantitative estimate of drug-likeness (QED) is 0.168. The van der Waals surface area contributed by atoms with Gasteiger partial charge < -0.3 is 0 Å². The summed E-state index contributed by atoms with van der Waals surface area (Å²) in [5.41, 5.74) is 7.61. The molecule has 3 heterocycles. The summed E-state index contributed by atoms with van der Waals surface area (Å²) in [6.45, 7) is 0. The molecule has 0 saturated heterocycles. The third-order valence-corrected chi connectivity index (χ3v) is 9.33. The molecular formula is C40H27FN4S. The van der Waals surface area contributed by atoms with Crippen molar-refractivity contribution in [2.24, 2.45) is 0 Å². The smallest absolute Gasteiger partial charge is 0.138 e. The first-order valence-electron chi connectivity index (χ1n) is 15.0. The Hall–Kier alpha value is -5.72. The van der Waals surface area contributed by atoms with Crippen molar-refractivity contribution in [1.29, 1.82) is 0 Å². The first-order valence-corrected chi connectivity index (χ1v) is 15.9. The van der Waals surface area contributed by atoms with Gasteiger partial charge in [0.25, 0.3) is 0 Å². The number of hydrogen-bond donors (Lipinski definition) is 0. The summed E-state index contributed by atoms with van der Waals surface area (Å²) < 4.78 is 16.3. The molecule has 5 aromatic carbocycles. The van der Waals surface area contributed by atoms with Crippen LogP contribution in [0.15, 0.2) is 163 Å². The molecule has 3 aromatic heterocycles. The lowest BCUT2D eigenvalue weighted by atomic mass is 9.77. The van der Waals surface area contributed by atoms with Gasteiger partial charge in [0.05, 0.1) is 16.1 Å². The van der Waals surface area contributed by atoms with E-state index in [1.165, 1.54) is 12.1 Å². The van der Waals surface area contributed by atoms with E-state index in [1.54, 1.807) is 29.8 Å². The van der Waals surface area contributed by atoms with Crippen LogP contribution in [-0.2, 0) is 5.54 Å². The first-order chi connectivity index (χ1) is 22.7. The molecule has 220 valence electrons. The highest BCUT2D eigenvalue weighted by Crippen LogP contribution is 2.44. The number of halogens is 1. The summed E-state index contributed by atoms with van der Waals surface area (Å²) in [4.78, 5) is 10.3. The fraction of sp³-hybridized carbons (Fsp3) is 0.0250. The Morgan fingerprint density at radius 1 is 0.587 bits per heavy atom. The van der Waals surface area contributed by atoms with Gasteiger partial charge in [0.15, 0.2) is 0 Å². The summed E-state index contributed by atoms with van der Waals surface area (Å²) >= 11 is 1.65. The fourth-order valence-corrected chi connectivity index (χ4v) is 7.08. The van der Waals surface area contributed by atoms with Crippen molar-refractivity contribution < 1.29 is 4.39 Å². The van der Waals surface area contributed by atoms with Crippen LogP contribution in [0.1, 0.15) is 16.7 Å². The third kappa shape index (κ3) is 4.71. The van der Waals surface area contributed by atoms with Crippen molar-refractivity contribution in [3.8, 4) is 33.0 Å². The molecule has 0 aliphatic carbocycles. The standard InChI is InChI=1S/C40H27FN4S/c41-33-21-18-28(19-22-33)38-35(29-20-23-36-34(25-29)39(43-27-42-36)37-17-10-24-46-37)26-45(44-38)40(30-11-4-1-5-12-30,31-13-6-2-7-14-31)32-15-8-3-9-16-32/h1-27H. The molecule has 8 aromatic rings. The SMILES string of the molecule is Fc1ccc(-c2nn(C(c3ccccc3)(c3ccccc3)c3ccccc3)cc2-c2ccc3ncnc(-c4cccs4)c3c2)cc1. The first kappa shape index (κ1) is 27.8. The second-order valence-electron chi connectivity index (χ2n) is 11.1. The van der Waals surface area contributed by atoms with E-state index < -0.39 is 5.54 Å². The Morgan fingerprint density at radius 3 is 1.78 bits per heavy atom. The molecule has 0 spiro atoms. The maximum absolute atomic E-state index is 14.2. The average molecular weight is 615 g/mol. The Balaban J connectivity index is 1.45. The molecule has 8 rings (SSSR count). The normalized spacial score (nSPS) is 11.6. The zero-order chi connectivity index (χ0) is 30.9. The van der Waals surface area contributed by atoms with Crippen LogP contribution in [0.2, 0.25) is 0 Å². The van der Waals surface area contributed by atoms with Gasteiger partial charge in [-0.05, 0) is 70.1 Å². The highest BCUT2D eigenvalue weighted by atomic mass is 32.1. The molecule has 6 heteroatoms. The lowest BCUT2D eigenvalue weighted by Crippen LogP contribution is -2.38. The Bertz CT molecular complexity index is 2150. The summed E-state index contributed by atoms with van der Waals surface area (Å²) in [5.74, 6) is -0.291. The number of aromatic nitrogens is 4. The highest BCUT2D eigenvalue weighted by Gasteiger charge is 2.40. The summed E-state index contributed by atoms with van der Waals surface area (Å²) in [6.07, 6.45) is 3.74. The van der Waals surface area contributed by atoms with Crippen LogP contribution in [0.4, 0.5) is 4.39 Å². The molecule has 0 N–H and O–H groups in total. The second-order valence-corrected chi connectivity index (χ2v) is 12.0. The molecule has 0 unspecified atom stereocenters. The largest absolute Gasteiger partial charge is 0.252 e. The van der Waals surface area contributed by atoms with E-state index in [0.29, 0.717) is 0 Å². The minimum Gasteiger partial charge on any atom is -0.252 e. The summed E-state index contributed by atoms with van der Waals surface area (Å²) in [7, 11) is 0. The molecule has 0 fully saturated rings. The van der Waals surface area contributed by atoms with Gasteiger partial charge in [-0.15, -0.1) is 11.3 Å². The maximum atomic E-state index is 14.2. The van der Waals surface area contributed by atoms with E-state index in [4.69, 9.17) is 5.10 Å². The van der Waals surface area contributed by atoms with Gasteiger partial charge in [0, 0.05) is 22.7 Å². The van der Waals surface area contributed by atoms with Gasteiger partial charge in [-0.25, -0.2) is 14.4 Å². The van der Waals surface area contributed by atoms with Gasteiger partial charge in [-0.2, -0.15) is 5.10 Å². The van der Waals surface area contributed by atoms with Crippen LogP contribution < -0.4 is 0 Å². The molecule has 46 heavy (non-hydrogen) atoms. The van der Waals surface area contributed by atoms with Crippen molar-refractivity contribution in [2.75, 3.05) is 0 Å². The lowest BCUT2D eigenvalue weighted by molar-refractivity contribution is 0.461. The van der Waals surface area contributed by atoms with E-state index >= 15 is 0 Å². The zero-order valence-electron chi connectivity index (χ0n) is 24.7. The highest BCUT2D eigenvalue weighted by molar-refractivity contribution is 7.13. The van der Waals surface area contributed by atoms with Crippen molar-refractivity contribution >= 4 is 22.2 Å². The predicted octanol–water partition coefficient (Wildman–Crippen LogP) is 9.87. The van der Waals surface area contributed by atoms with Gasteiger partial charge in [0.1, 0.15) is 23.4 Å². The number of nitrogens with zero attached hydrogens (tertiary/aromatic N) is 4. The molecule has 0 bridgehead atoms. The molecule has 0 atom stereocenters. The number of rotatable bonds is 7. The molecular weight excluding hydrogens is 588 g/mol. The van der Waals surface area contributed by atoms with Crippen LogP contribution in [-0.4, -0.2) is 19.7 Å². The van der Waals surface area contributed by atoms with Crippen molar-refractivity contribution in [1.82, 2.24) is 19.7 Å². The lowest BCUT2D eigenvalue weighted by Gasteiger charge is -2.36. The van der Waals surface area contributed by atoms with Crippen LogP contribution in [0, 0.1) is 5.82 Å². The summed E-state index contributed by atoms with van der Waals surface area (Å²) in [5, 5.41) is 8.42. The van der Waals surface area contributed by atoms with E-state index in [-0.39, 0.29) is 5.82 Å². The topological polar surface area (TPSA) is 43.6 Å². The maximum Gasteiger partial charge on any atom is 0.138 e. The number of thiophene rings is 1. The number of hydrogen-bond acceptors (Lipinski definition) is 4. The Morgan fingerprint density at radius 2 is 1.20 bits per heavy atom. The third-order valence-electron chi connectivity index (χ3n) is 8.45. The van der Waals surface area contributed by atoms with Crippen molar-refractivity contribution in [3.05, 3.63) is 186 Å². The predicted molar refractivity (Wildman–Crippen MR) is 184 cm³/mol. The summed E-state index contributed by atoms with van der Waals surface area (Å²) in [6, 6.07) is 48.3. The van der Waals surface area contributed by atoms with Crippen LogP contribution >= 0.6 is 11.3 Å². The van der Waals surface area contributed by atoms with E-state index in [9.17, 15) is 4.39 Å². The van der Waals surface area contributed by atoms with Gasteiger partial charge in [-0.3, -0.25) is 4.68 Å². The van der Waals surface area contributed by atoms with E-state index in [0.717, 1.165) is 60.5 Å². The van der Waals surface area contributed by atoms with Crippen LogP contribution in [0.25, 0.3) is 43.9 Å². The average Bonchev–Trinajstić information content (AvgIpc) is 3.82. The van der Waals surface area contributed by atoms with E-state index in [1.807, 2.05) is 30.3 Å². The van der Waals surface area contributed by atoms with E-state index in [2.05, 4.69) is 117 Å². The van der Waals surface area contributed by atoms with Crippen LogP contribution in [0.3, 0.4) is 0 Å². The van der Waals surface area contributed by atoms with Crippen LogP contribution in [0.5, 0.6) is 0 Å². The number of benzene rings is 5. The Labute approximate surface area is 270 Å². The zero-order valence-corrected chi connectivity index (χ0v) is 25.5. The van der Waals surface area contributed by atoms with Gasteiger partial charge in [-0.1, -0.05) is 103 Å². The number of fused-ring (bicyclic) bond motifs is 1. The molecule has 0 aliphatic rings. The Kier molecular flexibility index (Phi) is 7.04. The monoisotopic (exact) mass is 614 g/mol. The van der Waals surface area contributed by atoms with Gasteiger partial charge >= 0.3 is 0 Å². The van der Waals surface area contributed by atoms with Crippen molar-refractivity contribution in [3.63, 3.8) is 0 Å². The molecule has 0 amide bonds. The molecule has 0 radical (unpaired) electrons. The molecule has 0 aliphatic heterocycles. The molecule has 0 saturated carbocycles. The van der Waals surface area contributed by atoms with Crippen molar-refractivity contribution in [2.45, 2.75) is 5.54 Å². The van der Waals surface area contributed by atoms with Gasteiger partial charge in [0.2, 0.25) is 0 Å². The molecule has 4 nitrogen and oxygen atoms in total. The minimum absolute atomic E-state index is 0.291. The minimum atomic E-state index is -0.807. The fourth-order valence-electron chi connectivity index (χ4n) is 6.35.